The zero-order valence-electron chi connectivity index (χ0n) is 8.16. The van der Waals surface area contributed by atoms with Crippen LogP contribution in [0.3, 0.4) is 0 Å². The number of nitrogens with zero attached hydrogens (tertiary/aromatic N) is 2. The first kappa shape index (κ1) is 11.1. The number of aromatic nitrogens is 2. The Hall–Kier alpha value is -1.40. The normalized spacial score (nSPS) is 10.2. The fraction of sp³-hybridized carbons (Fsp3) is 0.100. The second-order valence-electron chi connectivity index (χ2n) is 2.87. The van der Waals surface area contributed by atoms with Crippen LogP contribution in [0, 0.1) is 0 Å². The number of phenolic OH excluding ortho intramolecular Hbond substituents is 1. The van der Waals surface area contributed by atoms with E-state index >= 15 is 0 Å². The van der Waals surface area contributed by atoms with Gasteiger partial charge in [-0.15, -0.1) is 10.2 Å². The van der Waals surface area contributed by atoms with Crippen molar-refractivity contribution in [1.82, 2.24) is 10.2 Å². The summed E-state index contributed by atoms with van der Waals surface area (Å²) in [5, 5.41) is 18.2. The van der Waals surface area contributed by atoms with Gasteiger partial charge in [0, 0.05) is 0 Å². The van der Waals surface area contributed by atoms with E-state index < -0.39 is 0 Å². The lowest BCUT2D eigenvalue weighted by Gasteiger charge is -1.97. The van der Waals surface area contributed by atoms with Gasteiger partial charge in [0.25, 0.3) is 0 Å². The Morgan fingerprint density at radius 1 is 1.38 bits per heavy atom. The number of phenols is 1. The fourth-order valence-corrected chi connectivity index (χ4v) is 2.73. The van der Waals surface area contributed by atoms with Gasteiger partial charge >= 0.3 is 0 Å². The first-order valence-corrected chi connectivity index (χ1v) is 6.30. The van der Waals surface area contributed by atoms with E-state index in [4.69, 9.17) is 0 Å². The van der Waals surface area contributed by atoms with E-state index in [0.29, 0.717) is 16.3 Å². The monoisotopic (exact) mass is 252 g/mol. The molecule has 82 valence electrons. The van der Waals surface area contributed by atoms with Crippen molar-refractivity contribution in [3.63, 3.8) is 0 Å². The van der Waals surface area contributed by atoms with Crippen LogP contribution >= 0.6 is 23.1 Å². The molecule has 0 saturated heterocycles. The minimum absolute atomic E-state index is 0.186. The van der Waals surface area contributed by atoms with Crippen LogP contribution in [0.15, 0.2) is 28.6 Å². The highest BCUT2D eigenvalue weighted by Gasteiger charge is 2.09. The first-order valence-electron chi connectivity index (χ1n) is 4.49. The van der Waals surface area contributed by atoms with E-state index in [1.807, 2.05) is 6.07 Å². The lowest BCUT2D eigenvalue weighted by molar-refractivity contribution is -0.105. The number of benzene rings is 1. The van der Waals surface area contributed by atoms with Gasteiger partial charge in [0.2, 0.25) is 0 Å². The van der Waals surface area contributed by atoms with Crippen LogP contribution in [0.2, 0.25) is 0 Å². The number of aromatic hydroxyl groups is 1. The maximum atomic E-state index is 10.2. The zero-order chi connectivity index (χ0) is 11.4. The van der Waals surface area contributed by atoms with E-state index in [-0.39, 0.29) is 5.75 Å². The number of aldehydes is 1. The number of carbonyl (C=O) groups is 1. The standard InChI is InChI=1S/C10H8N2O2S2/c13-5-6-15-10-12-11-9(16-10)7-3-1-2-4-8(7)14/h1-5,14H,6H2. The van der Waals surface area contributed by atoms with Crippen molar-refractivity contribution < 1.29 is 9.90 Å². The van der Waals surface area contributed by atoms with Gasteiger partial charge in [0.1, 0.15) is 12.0 Å². The van der Waals surface area contributed by atoms with Gasteiger partial charge in [0.05, 0.1) is 11.3 Å². The molecule has 1 aromatic heterocycles. The molecule has 0 fully saturated rings. The predicted molar refractivity (Wildman–Crippen MR) is 63.8 cm³/mol. The molecule has 0 aliphatic rings. The van der Waals surface area contributed by atoms with Gasteiger partial charge in [-0.2, -0.15) is 0 Å². The number of rotatable bonds is 4. The van der Waals surface area contributed by atoms with Gasteiger partial charge in [-0.25, -0.2) is 0 Å². The summed E-state index contributed by atoms with van der Waals surface area (Å²) in [7, 11) is 0. The Bertz CT molecular complexity index is 499. The third kappa shape index (κ3) is 2.40. The van der Waals surface area contributed by atoms with E-state index in [9.17, 15) is 9.90 Å². The summed E-state index contributed by atoms with van der Waals surface area (Å²) >= 11 is 2.70. The summed E-state index contributed by atoms with van der Waals surface area (Å²) < 4.78 is 0.727. The van der Waals surface area contributed by atoms with Crippen LogP contribution in [-0.2, 0) is 4.79 Å². The van der Waals surface area contributed by atoms with Gasteiger partial charge < -0.3 is 9.90 Å². The highest BCUT2D eigenvalue weighted by Crippen LogP contribution is 2.33. The molecule has 16 heavy (non-hydrogen) atoms. The molecule has 0 spiro atoms. The van der Waals surface area contributed by atoms with Crippen molar-refractivity contribution in [3.05, 3.63) is 24.3 Å². The van der Waals surface area contributed by atoms with Crippen molar-refractivity contribution in [2.75, 3.05) is 5.75 Å². The summed E-state index contributed by atoms with van der Waals surface area (Å²) in [6.45, 7) is 0. The third-order valence-corrected chi connectivity index (χ3v) is 3.80. The Balaban J connectivity index is 2.25. The third-order valence-electron chi connectivity index (χ3n) is 1.82. The molecule has 0 radical (unpaired) electrons. The molecule has 0 atom stereocenters. The molecule has 0 bridgehead atoms. The van der Waals surface area contributed by atoms with E-state index in [0.717, 1.165) is 10.6 Å². The van der Waals surface area contributed by atoms with E-state index in [2.05, 4.69) is 10.2 Å². The van der Waals surface area contributed by atoms with Crippen molar-refractivity contribution >= 4 is 29.4 Å². The summed E-state index contributed by atoms with van der Waals surface area (Å²) in [6, 6.07) is 6.97. The highest BCUT2D eigenvalue weighted by molar-refractivity contribution is 8.01. The molecule has 0 saturated carbocycles. The maximum Gasteiger partial charge on any atom is 0.175 e. The Morgan fingerprint density at radius 2 is 2.19 bits per heavy atom. The number of para-hydroxylation sites is 1. The van der Waals surface area contributed by atoms with Crippen molar-refractivity contribution in [3.8, 4) is 16.3 Å². The minimum Gasteiger partial charge on any atom is -0.507 e. The number of thioether (sulfide) groups is 1. The quantitative estimate of drug-likeness (QED) is 0.667. The molecule has 4 nitrogen and oxygen atoms in total. The Morgan fingerprint density at radius 3 is 2.94 bits per heavy atom. The van der Waals surface area contributed by atoms with Gasteiger partial charge in [0.15, 0.2) is 9.35 Å². The van der Waals surface area contributed by atoms with Crippen LogP contribution in [0.5, 0.6) is 5.75 Å². The average Bonchev–Trinajstić information content (AvgIpc) is 2.75. The highest BCUT2D eigenvalue weighted by atomic mass is 32.2. The Kier molecular flexibility index (Phi) is 3.53. The number of hydrogen-bond donors (Lipinski definition) is 1. The number of carbonyl (C=O) groups excluding carboxylic acids is 1. The molecule has 0 aliphatic heterocycles. The van der Waals surface area contributed by atoms with E-state index in [1.165, 1.54) is 23.1 Å². The zero-order valence-corrected chi connectivity index (χ0v) is 9.79. The second-order valence-corrected chi connectivity index (χ2v) is 5.11. The molecular formula is C10H8N2O2S2. The summed E-state index contributed by atoms with van der Waals surface area (Å²) in [4.78, 5) is 10.2. The largest absolute Gasteiger partial charge is 0.507 e. The molecule has 0 aliphatic carbocycles. The first-order chi connectivity index (χ1) is 7.81. The van der Waals surface area contributed by atoms with E-state index in [1.54, 1.807) is 18.2 Å². The average molecular weight is 252 g/mol. The van der Waals surface area contributed by atoms with Crippen LogP contribution in [0.25, 0.3) is 10.6 Å². The molecule has 6 heteroatoms. The topological polar surface area (TPSA) is 63.1 Å². The van der Waals surface area contributed by atoms with Crippen molar-refractivity contribution in [1.29, 1.82) is 0 Å². The summed E-state index contributed by atoms with van der Waals surface area (Å²) in [5.41, 5.74) is 0.665. The van der Waals surface area contributed by atoms with Crippen LogP contribution in [0.1, 0.15) is 0 Å². The fourth-order valence-electron chi connectivity index (χ4n) is 1.14. The SMILES string of the molecule is O=CCSc1nnc(-c2ccccc2O)s1. The van der Waals surface area contributed by atoms with Crippen LogP contribution in [-0.4, -0.2) is 27.3 Å². The van der Waals surface area contributed by atoms with Crippen molar-refractivity contribution in [2.45, 2.75) is 4.34 Å². The van der Waals surface area contributed by atoms with Crippen LogP contribution < -0.4 is 0 Å². The molecule has 0 amide bonds. The van der Waals surface area contributed by atoms with Gasteiger partial charge in [-0.3, -0.25) is 0 Å². The molecule has 2 rings (SSSR count). The molecule has 1 heterocycles. The smallest absolute Gasteiger partial charge is 0.175 e. The lowest BCUT2D eigenvalue weighted by atomic mass is 10.2. The van der Waals surface area contributed by atoms with Gasteiger partial charge in [-0.1, -0.05) is 35.2 Å². The summed E-state index contributed by atoms with van der Waals surface area (Å²) in [6.07, 6.45) is 0.825. The summed E-state index contributed by atoms with van der Waals surface area (Å²) in [5.74, 6) is 0.556. The lowest BCUT2D eigenvalue weighted by Crippen LogP contribution is -1.78. The molecule has 2 aromatic rings. The molecule has 0 unspecified atom stereocenters. The second kappa shape index (κ2) is 5.09. The van der Waals surface area contributed by atoms with Crippen LogP contribution in [0.4, 0.5) is 0 Å². The molecular weight excluding hydrogens is 244 g/mol. The number of hydrogen-bond acceptors (Lipinski definition) is 6. The Labute approximate surface area is 100 Å². The molecule has 1 aromatic carbocycles. The minimum atomic E-state index is 0.186. The van der Waals surface area contributed by atoms with Gasteiger partial charge in [-0.05, 0) is 12.1 Å². The maximum absolute atomic E-state index is 10.2. The molecule has 1 N–H and O–H groups in total. The van der Waals surface area contributed by atoms with Crippen molar-refractivity contribution in [2.24, 2.45) is 0 Å². The predicted octanol–water partition coefficient (Wildman–Crippen LogP) is 2.20.